The molecule has 1 N–H and O–H groups in total. The second-order valence-electron chi connectivity index (χ2n) is 6.60. The van der Waals surface area contributed by atoms with E-state index in [-0.39, 0.29) is 0 Å². The Labute approximate surface area is 133 Å². The number of piperidine rings is 1. The van der Waals surface area contributed by atoms with Crippen molar-refractivity contribution in [2.75, 3.05) is 53.0 Å². The van der Waals surface area contributed by atoms with Crippen LogP contribution in [0.1, 0.15) is 30.4 Å². The summed E-state index contributed by atoms with van der Waals surface area (Å²) in [6.45, 7) is 8.99. The Hall–Kier alpha value is -0.880. The lowest BCUT2D eigenvalue weighted by atomic mass is 10.0. The molecular weight excluding hydrogens is 278 g/mol. The highest BCUT2D eigenvalue weighted by Gasteiger charge is 2.26. The summed E-state index contributed by atoms with van der Waals surface area (Å²) in [7, 11) is 2.21. The number of morpholine rings is 1. The summed E-state index contributed by atoms with van der Waals surface area (Å²) in [5, 5.41) is 3.78. The molecule has 0 aromatic carbocycles. The van der Waals surface area contributed by atoms with E-state index in [1.807, 2.05) is 6.92 Å². The molecule has 1 aromatic rings. The molecule has 5 heteroatoms. The maximum Gasteiger partial charge on any atom is 0.122 e. The van der Waals surface area contributed by atoms with Gasteiger partial charge in [0.25, 0.3) is 0 Å². The summed E-state index contributed by atoms with van der Waals surface area (Å²) in [4.78, 5) is 4.90. The summed E-state index contributed by atoms with van der Waals surface area (Å²) in [5.41, 5.74) is 0. The van der Waals surface area contributed by atoms with Crippen molar-refractivity contribution in [1.29, 1.82) is 0 Å². The van der Waals surface area contributed by atoms with Gasteiger partial charge in [-0.1, -0.05) is 0 Å². The minimum Gasteiger partial charge on any atom is -0.465 e. The van der Waals surface area contributed by atoms with Crippen LogP contribution in [-0.2, 0) is 4.74 Å². The molecule has 0 spiro atoms. The highest BCUT2D eigenvalue weighted by molar-refractivity contribution is 5.11. The molecule has 0 aliphatic carbocycles. The van der Waals surface area contributed by atoms with Crippen LogP contribution in [0.5, 0.6) is 0 Å². The van der Waals surface area contributed by atoms with Gasteiger partial charge in [-0.15, -0.1) is 0 Å². The third kappa shape index (κ3) is 4.10. The molecule has 22 heavy (non-hydrogen) atoms. The normalized spacial score (nSPS) is 23.7. The zero-order valence-corrected chi connectivity index (χ0v) is 13.9. The lowest BCUT2D eigenvalue weighted by Gasteiger charge is -2.35. The first-order chi connectivity index (χ1) is 10.7. The smallest absolute Gasteiger partial charge is 0.122 e. The molecule has 5 nitrogen and oxygen atoms in total. The number of aryl methyl sites for hydroxylation is 1. The molecule has 2 saturated heterocycles. The van der Waals surface area contributed by atoms with Crippen LogP contribution in [0.4, 0.5) is 0 Å². The fourth-order valence-corrected chi connectivity index (χ4v) is 3.42. The van der Waals surface area contributed by atoms with E-state index in [4.69, 9.17) is 9.15 Å². The van der Waals surface area contributed by atoms with E-state index in [0.717, 1.165) is 44.4 Å². The summed E-state index contributed by atoms with van der Waals surface area (Å²) < 4.78 is 11.4. The average molecular weight is 307 g/mol. The van der Waals surface area contributed by atoms with Gasteiger partial charge < -0.3 is 19.4 Å². The van der Waals surface area contributed by atoms with Gasteiger partial charge in [0.2, 0.25) is 0 Å². The van der Waals surface area contributed by atoms with Crippen molar-refractivity contribution in [2.45, 2.75) is 31.8 Å². The number of rotatable bonds is 5. The van der Waals surface area contributed by atoms with Crippen molar-refractivity contribution in [1.82, 2.24) is 15.1 Å². The monoisotopic (exact) mass is 307 g/mol. The molecule has 1 aromatic heterocycles. The van der Waals surface area contributed by atoms with Crippen LogP contribution in [0.15, 0.2) is 16.5 Å². The fraction of sp³-hybridized carbons (Fsp3) is 0.765. The van der Waals surface area contributed by atoms with Crippen molar-refractivity contribution >= 4 is 0 Å². The van der Waals surface area contributed by atoms with Crippen LogP contribution in [0, 0.1) is 6.92 Å². The summed E-state index contributed by atoms with van der Waals surface area (Å²) in [5.74, 6) is 2.08. The fourth-order valence-electron chi connectivity index (χ4n) is 3.42. The molecule has 0 bridgehead atoms. The molecule has 2 fully saturated rings. The van der Waals surface area contributed by atoms with Gasteiger partial charge in [-0.05, 0) is 52.0 Å². The number of nitrogens with one attached hydrogen (secondary N) is 1. The molecule has 2 aliphatic rings. The van der Waals surface area contributed by atoms with Crippen molar-refractivity contribution in [3.63, 3.8) is 0 Å². The Balaban J connectivity index is 1.60. The third-order valence-corrected chi connectivity index (χ3v) is 4.89. The van der Waals surface area contributed by atoms with E-state index in [1.54, 1.807) is 0 Å². The van der Waals surface area contributed by atoms with Crippen LogP contribution in [0.25, 0.3) is 0 Å². The number of nitrogens with zero attached hydrogens (tertiary/aromatic N) is 2. The molecule has 2 aliphatic heterocycles. The first kappa shape index (κ1) is 16.0. The van der Waals surface area contributed by atoms with Gasteiger partial charge >= 0.3 is 0 Å². The van der Waals surface area contributed by atoms with Gasteiger partial charge in [-0.25, -0.2) is 0 Å². The second-order valence-corrected chi connectivity index (χ2v) is 6.60. The van der Waals surface area contributed by atoms with Crippen LogP contribution in [-0.4, -0.2) is 68.8 Å². The summed E-state index contributed by atoms with van der Waals surface area (Å²) in [6.07, 6.45) is 2.48. The SMILES string of the molecule is Cc1ccc(C(CNC2CCN(C)CC2)N2CCOCC2)o1. The van der Waals surface area contributed by atoms with E-state index < -0.39 is 0 Å². The van der Waals surface area contributed by atoms with Gasteiger partial charge in [0.05, 0.1) is 19.3 Å². The van der Waals surface area contributed by atoms with Crippen molar-refractivity contribution in [2.24, 2.45) is 0 Å². The Bertz CT molecular complexity index is 449. The topological polar surface area (TPSA) is 40.9 Å². The van der Waals surface area contributed by atoms with E-state index in [1.165, 1.54) is 25.9 Å². The van der Waals surface area contributed by atoms with E-state index >= 15 is 0 Å². The molecule has 1 atom stereocenters. The Kier molecular flexibility index (Phi) is 5.52. The average Bonchev–Trinajstić information content (AvgIpc) is 2.97. The van der Waals surface area contributed by atoms with E-state index in [9.17, 15) is 0 Å². The highest BCUT2D eigenvalue weighted by Crippen LogP contribution is 2.24. The van der Waals surface area contributed by atoms with Crippen molar-refractivity contribution < 1.29 is 9.15 Å². The van der Waals surface area contributed by atoms with Crippen LogP contribution in [0.3, 0.4) is 0 Å². The first-order valence-corrected chi connectivity index (χ1v) is 8.52. The van der Waals surface area contributed by atoms with Crippen molar-refractivity contribution in [3.05, 3.63) is 23.7 Å². The van der Waals surface area contributed by atoms with Gasteiger partial charge in [0.15, 0.2) is 0 Å². The number of furan rings is 1. The molecule has 3 rings (SSSR count). The van der Waals surface area contributed by atoms with Crippen molar-refractivity contribution in [3.8, 4) is 0 Å². The largest absolute Gasteiger partial charge is 0.465 e. The quantitative estimate of drug-likeness (QED) is 0.896. The van der Waals surface area contributed by atoms with E-state index in [2.05, 4.69) is 34.3 Å². The molecule has 0 saturated carbocycles. The van der Waals surface area contributed by atoms with E-state index in [0.29, 0.717) is 12.1 Å². The summed E-state index contributed by atoms with van der Waals surface area (Å²) in [6, 6.07) is 5.15. The lowest BCUT2D eigenvalue weighted by Crippen LogP contribution is -2.46. The third-order valence-electron chi connectivity index (χ3n) is 4.89. The number of hydrogen-bond donors (Lipinski definition) is 1. The molecule has 0 amide bonds. The Morgan fingerprint density at radius 1 is 1.18 bits per heavy atom. The predicted molar refractivity (Wildman–Crippen MR) is 87.1 cm³/mol. The van der Waals surface area contributed by atoms with Gasteiger partial charge in [-0.3, -0.25) is 4.90 Å². The summed E-state index contributed by atoms with van der Waals surface area (Å²) >= 11 is 0. The van der Waals surface area contributed by atoms with Crippen LogP contribution >= 0.6 is 0 Å². The Morgan fingerprint density at radius 3 is 2.55 bits per heavy atom. The molecular formula is C17H29N3O2. The molecule has 0 radical (unpaired) electrons. The molecule has 1 unspecified atom stereocenters. The van der Waals surface area contributed by atoms with Gasteiger partial charge in [-0.2, -0.15) is 0 Å². The lowest BCUT2D eigenvalue weighted by molar-refractivity contribution is 0.0105. The second kappa shape index (κ2) is 7.59. The van der Waals surface area contributed by atoms with Crippen LogP contribution < -0.4 is 5.32 Å². The minimum atomic E-state index is 0.317. The standard InChI is InChI=1S/C17H29N3O2/c1-14-3-4-17(22-14)16(20-9-11-21-12-10-20)13-18-15-5-7-19(2)8-6-15/h3-4,15-16,18H,5-13H2,1-2H3. The highest BCUT2D eigenvalue weighted by atomic mass is 16.5. The number of likely N-dealkylation sites (tertiary alicyclic amines) is 1. The predicted octanol–water partition coefficient (Wildman–Crippen LogP) is 1.65. The Morgan fingerprint density at radius 2 is 1.91 bits per heavy atom. The minimum absolute atomic E-state index is 0.317. The van der Waals surface area contributed by atoms with Crippen LogP contribution in [0.2, 0.25) is 0 Å². The zero-order chi connectivity index (χ0) is 15.4. The molecule has 3 heterocycles. The van der Waals surface area contributed by atoms with Gasteiger partial charge in [0.1, 0.15) is 11.5 Å². The maximum atomic E-state index is 5.93. The first-order valence-electron chi connectivity index (χ1n) is 8.52. The van der Waals surface area contributed by atoms with Gasteiger partial charge in [0, 0.05) is 25.7 Å². The maximum absolute atomic E-state index is 5.93. The number of ether oxygens (including phenoxy) is 1. The number of hydrogen-bond acceptors (Lipinski definition) is 5. The molecule has 124 valence electrons. The zero-order valence-electron chi connectivity index (χ0n) is 13.9.